The number of nitrogens with zero attached hydrogens (tertiary/aromatic N) is 2. The van der Waals surface area contributed by atoms with Crippen molar-refractivity contribution in [3.05, 3.63) is 59.4 Å². The smallest absolute Gasteiger partial charge is 0.123 e. The summed E-state index contributed by atoms with van der Waals surface area (Å²) >= 11 is 0. The van der Waals surface area contributed by atoms with Gasteiger partial charge in [-0.25, -0.2) is 0 Å². The van der Waals surface area contributed by atoms with Gasteiger partial charge in [-0.3, -0.25) is 9.88 Å². The van der Waals surface area contributed by atoms with E-state index in [0.717, 1.165) is 30.2 Å². The van der Waals surface area contributed by atoms with E-state index in [9.17, 15) is 0 Å². The van der Waals surface area contributed by atoms with Gasteiger partial charge in [-0.15, -0.1) is 0 Å². The molecule has 2 rings (SSSR count). The first-order valence-electron chi connectivity index (χ1n) is 6.68. The van der Waals surface area contributed by atoms with Gasteiger partial charge in [0.2, 0.25) is 0 Å². The van der Waals surface area contributed by atoms with Gasteiger partial charge >= 0.3 is 0 Å². The summed E-state index contributed by atoms with van der Waals surface area (Å²) in [5.41, 5.74) is 8.75. The first-order chi connectivity index (χ1) is 9.72. The van der Waals surface area contributed by atoms with Crippen molar-refractivity contribution in [3.63, 3.8) is 0 Å². The Bertz CT molecular complexity index is 557. The largest absolute Gasteiger partial charge is 0.496 e. The fourth-order valence-corrected chi connectivity index (χ4v) is 2.19. The van der Waals surface area contributed by atoms with Crippen molar-refractivity contribution in [1.82, 2.24) is 9.88 Å². The highest BCUT2D eigenvalue weighted by Gasteiger charge is 2.07. The van der Waals surface area contributed by atoms with E-state index in [4.69, 9.17) is 10.5 Å². The second-order valence-electron chi connectivity index (χ2n) is 4.81. The van der Waals surface area contributed by atoms with Gasteiger partial charge in [-0.2, -0.15) is 0 Å². The van der Waals surface area contributed by atoms with Crippen molar-refractivity contribution in [3.8, 4) is 5.75 Å². The Labute approximate surface area is 120 Å². The molecule has 0 unspecified atom stereocenters. The van der Waals surface area contributed by atoms with Crippen molar-refractivity contribution in [2.75, 3.05) is 14.2 Å². The number of aromatic nitrogens is 1. The molecule has 0 amide bonds. The molecule has 1 heterocycles. The van der Waals surface area contributed by atoms with Gasteiger partial charge in [0.15, 0.2) is 0 Å². The van der Waals surface area contributed by atoms with E-state index >= 15 is 0 Å². The van der Waals surface area contributed by atoms with E-state index in [1.807, 2.05) is 36.4 Å². The molecule has 4 nitrogen and oxygen atoms in total. The Morgan fingerprint density at radius 3 is 2.55 bits per heavy atom. The van der Waals surface area contributed by atoms with Crippen LogP contribution in [0.25, 0.3) is 0 Å². The fraction of sp³-hybridized carbons (Fsp3) is 0.312. The highest BCUT2D eigenvalue weighted by Crippen LogP contribution is 2.19. The van der Waals surface area contributed by atoms with Crippen molar-refractivity contribution < 1.29 is 4.74 Å². The second-order valence-corrected chi connectivity index (χ2v) is 4.81. The first-order valence-corrected chi connectivity index (χ1v) is 6.68. The molecule has 0 aliphatic heterocycles. The molecule has 0 saturated carbocycles. The maximum atomic E-state index is 5.62. The molecule has 0 aliphatic carbocycles. The summed E-state index contributed by atoms with van der Waals surface area (Å²) in [6.07, 6.45) is 0. The Balaban J connectivity index is 2.03. The zero-order valence-electron chi connectivity index (χ0n) is 12.0. The molecular weight excluding hydrogens is 250 g/mol. The number of methoxy groups -OCH3 is 1. The van der Waals surface area contributed by atoms with Crippen molar-refractivity contribution in [1.29, 1.82) is 0 Å². The molecule has 1 aromatic carbocycles. The molecule has 0 radical (unpaired) electrons. The lowest BCUT2D eigenvalue weighted by atomic mass is 10.2. The monoisotopic (exact) mass is 271 g/mol. The van der Waals surface area contributed by atoms with Gasteiger partial charge < -0.3 is 10.5 Å². The highest BCUT2D eigenvalue weighted by molar-refractivity contribution is 5.33. The van der Waals surface area contributed by atoms with Gasteiger partial charge in [0, 0.05) is 25.2 Å². The van der Waals surface area contributed by atoms with Crippen LogP contribution >= 0.6 is 0 Å². The Hall–Kier alpha value is -1.91. The van der Waals surface area contributed by atoms with Crippen LogP contribution < -0.4 is 10.5 Å². The Morgan fingerprint density at radius 1 is 1.05 bits per heavy atom. The molecule has 2 N–H and O–H groups in total. The van der Waals surface area contributed by atoms with Crippen LogP contribution in [-0.2, 0) is 19.6 Å². The maximum absolute atomic E-state index is 5.62. The topological polar surface area (TPSA) is 51.4 Å². The number of hydrogen-bond acceptors (Lipinski definition) is 4. The third-order valence-corrected chi connectivity index (χ3v) is 3.14. The number of rotatable bonds is 6. The van der Waals surface area contributed by atoms with Crippen LogP contribution in [-0.4, -0.2) is 24.0 Å². The SMILES string of the molecule is COc1ccccc1CN(C)Cc1cccc(CN)n1. The molecule has 4 heteroatoms. The lowest BCUT2D eigenvalue weighted by Gasteiger charge is -2.18. The van der Waals surface area contributed by atoms with E-state index < -0.39 is 0 Å². The molecule has 106 valence electrons. The van der Waals surface area contributed by atoms with Crippen LogP contribution in [0.4, 0.5) is 0 Å². The number of benzene rings is 1. The number of ether oxygens (including phenoxy) is 1. The lowest BCUT2D eigenvalue weighted by Crippen LogP contribution is -2.19. The summed E-state index contributed by atoms with van der Waals surface area (Å²) in [6, 6.07) is 14.0. The Kier molecular flexibility index (Phi) is 5.09. The standard InChI is InChI=1S/C16H21N3O/c1-19(11-13-6-3-4-9-16(13)20-2)12-15-8-5-7-14(10-17)18-15/h3-9H,10-12,17H2,1-2H3. The van der Waals surface area contributed by atoms with Crippen LogP contribution in [0.1, 0.15) is 17.0 Å². The van der Waals surface area contributed by atoms with E-state index in [1.54, 1.807) is 7.11 Å². The molecule has 2 aromatic rings. The normalized spacial score (nSPS) is 10.8. The van der Waals surface area contributed by atoms with Gasteiger partial charge in [-0.05, 0) is 25.2 Å². The molecule has 0 fully saturated rings. The average Bonchev–Trinajstić information content (AvgIpc) is 2.48. The quantitative estimate of drug-likeness (QED) is 0.875. The predicted octanol–water partition coefficient (Wildman–Crippen LogP) is 2.18. The fourth-order valence-electron chi connectivity index (χ4n) is 2.19. The highest BCUT2D eigenvalue weighted by atomic mass is 16.5. The van der Waals surface area contributed by atoms with Crippen LogP contribution in [0.3, 0.4) is 0 Å². The average molecular weight is 271 g/mol. The number of pyridine rings is 1. The second kappa shape index (κ2) is 7.03. The van der Waals surface area contributed by atoms with Crippen LogP contribution in [0.15, 0.2) is 42.5 Å². The molecule has 20 heavy (non-hydrogen) atoms. The number of hydrogen-bond donors (Lipinski definition) is 1. The summed E-state index contributed by atoms with van der Waals surface area (Å²) in [5.74, 6) is 0.919. The third kappa shape index (κ3) is 3.79. The number of nitrogens with two attached hydrogens (primary N) is 1. The zero-order chi connectivity index (χ0) is 14.4. The molecule has 0 saturated heterocycles. The van der Waals surface area contributed by atoms with E-state index in [-0.39, 0.29) is 0 Å². The zero-order valence-corrected chi connectivity index (χ0v) is 12.0. The minimum absolute atomic E-state index is 0.476. The Morgan fingerprint density at radius 2 is 1.80 bits per heavy atom. The van der Waals surface area contributed by atoms with Crippen LogP contribution in [0.2, 0.25) is 0 Å². The summed E-state index contributed by atoms with van der Waals surface area (Å²) in [7, 11) is 3.77. The van der Waals surface area contributed by atoms with Crippen molar-refractivity contribution in [2.24, 2.45) is 5.73 Å². The first kappa shape index (κ1) is 14.5. The maximum Gasteiger partial charge on any atom is 0.123 e. The summed E-state index contributed by atoms with van der Waals surface area (Å²) in [4.78, 5) is 6.73. The predicted molar refractivity (Wildman–Crippen MR) is 80.3 cm³/mol. The molecule has 0 bridgehead atoms. The van der Waals surface area contributed by atoms with E-state index in [2.05, 4.69) is 23.0 Å². The minimum atomic E-state index is 0.476. The molecule has 0 aliphatic rings. The van der Waals surface area contributed by atoms with Crippen molar-refractivity contribution in [2.45, 2.75) is 19.6 Å². The third-order valence-electron chi connectivity index (χ3n) is 3.14. The summed E-state index contributed by atoms with van der Waals surface area (Å²) < 4.78 is 5.37. The van der Waals surface area contributed by atoms with E-state index in [1.165, 1.54) is 5.56 Å². The van der Waals surface area contributed by atoms with Crippen molar-refractivity contribution >= 4 is 0 Å². The van der Waals surface area contributed by atoms with Gasteiger partial charge in [0.1, 0.15) is 5.75 Å². The van der Waals surface area contributed by atoms with Crippen LogP contribution in [0, 0.1) is 0 Å². The van der Waals surface area contributed by atoms with E-state index in [0.29, 0.717) is 6.54 Å². The van der Waals surface area contributed by atoms with Gasteiger partial charge in [0.05, 0.1) is 18.5 Å². The summed E-state index contributed by atoms with van der Waals surface area (Å²) in [5, 5.41) is 0. The van der Waals surface area contributed by atoms with Gasteiger partial charge in [-0.1, -0.05) is 24.3 Å². The van der Waals surface area contributed by atoms with Crippen LogP contribution in [0.5, 0.6) is 5.75 Å². The molecule has 1 aromatic heterocycles. The minimum Gasteiger partial charge on any atom is -0.496 e. The molecular formula is C16H21N3O. The molecule has 0 spiro atoms. The number of para-hydroxylation sites is 1. The van der Waals surface area contributed by atoms with Gasteiger partial charge in [0.25, 0.3) is 0 Å². The molecule has 0 atom stereocenters. The lowest BCUT2D eigenvalue weighted by molar-refractivity contribution is 0.306. The summed E-state index contributed by atoms with van der Waals surface area (Å²) in [6.45, 7) is 2.08.